The number of benzene rings is 2. The normalized spacial score (nSPS) is 11.0. The number of rotatable bonds is 7. The van der Waals surface area contributed by atoms with Gasteiger partial charge in [0.2, 0.25) is 15.9 Å². The van der Waals surface area contributed by atoms with Crippen molar-refractivity contribution in [2.45, 2.75) is 13.8 Å². The molecule has 1 N–H and O–H groups in total. The molecule has 0 saturated heterocycles. The number of nitrogens with zero attached hydrogens (tertiary/aromatic N) is 1. The van der Waals surface area contributed by atoms with E-state index in [9.17, 15) is 13.2 Å². The van der Waals surface area contributed by atoms with Crippen LogP contribution in [-0.2, 0) is 14.8 Å². The maximum atomic E-state index is 12.4. The van der Waals surface area contributed by atoms with Crippen LogP contribution >= 0.6 is 0 Å². The standard InChI is InChI=1S/C18H22N2O4S/c1-4-24-17-12-8-7-11-16(17)20(25(3,22)23)13-18(21)19-15-10-6-5-9-14(15)2/h5-12H,4,13H2,1-3H3,(H,19,21). The lowest BCUT2D eigenvalue weighted by Crippen LogP contribution is -2.37. The largest absolute Gasteiger partial charge is 0.492 e. The minimum absolute atomic E-state index is 0.336. The number of carbonyl (C=O) groups excluding carboxylic acids is 1. The van der Waals surface area contributed by atoms with Gasteiger partial charge in [-0.1, -0.05) is 30.3 Å². The summed E-state index contributed by atoms with van der Waals surface area (Å²) in [5.74, 6) is -0.00913. The number of nitrogens with one attached hydrogen (secondary N) is 1. The first kappa shape index (κ1) is 18.8. The van der Waals surface area contributed by atoms with E-state index >= 15 is 0 Å². The molecule has 0 aliphatic rings. The third-order valence-electron chi connectivity index (χ3n) is 3.54. The highest BCUT2D eigenvalue weighted by Crippen LogP contribution is 2.29. The van der Waals surface area contributed by atoms with E-state index in [1.165, 1.54) is 0 Å². The van der Waals surface area contributed by atoms with Crippen molar-refractivity contribution in [3.8, 4) is 5.75 Å². The van der Waals surface area contributed by atoms with E-state index in [1.54, 1.807) is 36.4 Å². The molecular weight excluding hydrogens is 340 g/mol. The monoisotopic (exact) mass is 362 g/mol. The molecule has 2 rings (SSSR count). The van der Waals surface area contributed by atoms with Crippen molar-refractivity contribution < 1.29 is 17.9 Å². The minimum Gasteiger partial charge on any atom is -0.492 e. The number of para-hydroxylation sites is 3. The second-order valence-electron chi connectivity index (χ2n) is 5.53. The average Bonchev–Trinajstić information content (AvgIpc) is 2.55. The van der Waals surface area contributed by atoms with Crippen molar-refractivity contribution in [2.24, 2.45) is 0 Å². The molecule has 0 aromatic heterocycles. The van der Waals surface area contributed by atoms with Crippen LogP contribution in [0, 0.1) is 6.92 Å². The summed E-state index contributed by atoms with van der Waals surface area (Å²) in [5, 5.41) is 2.75. The zero-order chi connectivity index (χ0) is 18.4. The van der Waals surface area contributed by atoms with E-state index < -0.39 is 15.9 Å². The Hall–Kier alpha value is -2.54. The van der Waals surface area contributed by atoms with Crippen LogP contribution in [0.1, 0.15) is 12.5 Å². The van der Waals surface area contributed by atoms with Gasteiger partial charge in [0.1, 0.15) is 12.3 Å². The van der Waals surface area contributed by atoms with Gasteiger partial charge in [0, 0.05) is 5.69 Å². The molecule has 0 radical (unpaired) electrons. The van der Waals surface area contributed by atoms with Gasteiger partial charge in [-0.2, -0.15) is 0 Å². The first-order chi connectivity index (χ1) is 11.8. The van der Waals surface area contributed by atoms with Gasteiger partial charge in [0.25, 0.3) is 0 Å². The molecule has 0 atom stereocenters. The number of anilines is 2. The summed E-state index contributed by atoms with van der Waals surface area (Å²) in [6, 6.07) is 14.1. The van der Waals surface area contributed by atoms with Gasteiger partial charge in [-0.3, -0.25) is 9.10 Å². The van der Waals surface area contributed by atoms with E-state index in [-0.39, 0.29) is 6.54 Å². The van der Waals surface area contributed by atoms with Gasteiger partial charge in [0.05, 0.1) is 18.6 Å². The van der Waals surface area contributed by atoms with Crippen molar-refractivity contribution >= 4 is 27.3 Å². The van der Waals surface area contributed by atoms with Crippen LogP contribution in [0.25, 0.3) is 0 Å². The molecular formula is C18H22N2O4S. The molecule has 25 heavy (non-hydrogen) atoms. The number of carbonyl (C=O) groups is 1. The van der Waals surface area contributed by atoms with Crippen LogP contribution in [0.3, 0.4) is 0 Å². The summed E-state index contributed by atoms with van der Waals surface area (Å²) >= 11 is 0. The van der Waals surface area contributed by atoms with Crippen molar-refractivity contribution in [3.05, 3.63) is 54.1 Å². The van der Waals surface area contributed by atoms with Crippen molar-refractivity contribution in [3.63, 3.8) is 0 Å². The Morgan fingerprint density at radius 2 is 1.76 bits per heavy atom. The second kappa shape index (κ2) is 8.02. The van der Waals surface area contributed by atoms with Crippen LogP contribution < -0.4 is 14.4 Å². The molecule has 0 unspecified atom stereocenters. The molecule has 1 amide bonds. The SMILES string of the molecule is CCOc1ccccc1N(CC(=O)Nc1ccccc1C)S(C)(=O)=O. The van der Waals surface area contributed by atoms with Crippen LogP contribution in [0.2, 0.25) is 0 Å². The van der Waals surface area contributed by atoms with Gasteiger partial charge in [-0.15, -0.1) is 0 Å². The predicted molar refractivity (Wildman–Crippen MR) is 99.6 cm³/mol. The summed E-state index contributed by atoms with van der Waals surface area (Å²) in [6.07, 6.45) is 1.07. The molecule has 0 spiro atoms. The summed E-state index contributed by atoms with van der Waals surface area (Å²) in [7, 11) is -3.66. The second-order valence-corrected chi connectivity index (χ2v) is 7.44. The van der Waals surface area contributed by atoms with Gasteiger partial charge in [0.15, 0.2) is 0 Å². The third kappa shape index (κ3) is 4.96. The highest BCUT2D eigenvalue weighted by atomic mass is 32.2. The highest BCUT2D eigenvalue weighted by Gasteiger charge is 2.24. The van der Waals surface area contributed by atoms with Crippen molar-refractivity contribution in [2.75, 3.05) is 29.0 Å². The maximum absolute atomic E-state index is 12.4. The lowest BCUT2D eigenvalue weighted by atomic mass is 10.2. The maximum Gasteiger partial charge on any atom is 0.245 e. The van der Waals surface area contributed by atoms with Crippen LogP contribution in [0.4, 0.5) is 11.4 Å². The number of ether oxygens (including phenoxy) is 1. The van der Waals surface area contributed by atoms with Crippen LogP contribution in [-0.4, -0.2) is 33.7 Å². The Morgan fingerprint density at radius 1 is 1.12 bits per heavy atom. The smallest absolute Gasteiger partial charge is 0.245 e. The van der Waals surface area contributed by atoms with E-state index in [2.05, 4.69) is 5.32 Å². The lowest BCUT2D eigenvalue weighted by Gasteiger charge is -2.24. The zero-order valence-corrected chi connectivity index (χ0v) is 15.3. The zero-order valence-electron chi connectivity index (χ0n) is 14.5. The molecule has 0 aliphatic heterocycles. The molecule has 0 heterocycles. The fourth-order valence-electron chi connectivity index (χ4n) is 2.36. The number of hydrogen-bond donors (Lipinski definition) is 1. The number of sulfonamides is 1. The molecule has 2 aromatic carbocycles. The fourth-order valence-corrected chi connectivity index (χ4v) is 3.22. The van der Waals surface area contributed by atoms with E-state index in [0.717, 1.165) is 16.1 Å². The summed E-state index contributed by atoms with van der Waals surface area (Å²) in [6.45, 7) is 3.74. The van der Waals surface area contributed by atoms with Crippen LogP contribution in [0.5, 0.6) is 5.75 Å². The Kier molecular flexibility index (Phi) is 6.03. The van der Waals surface area contributed by atoms with Crippen molar-refractivity contribution in [1.82, 2.24) is 0 Å². The summed E-state index contributed by atoms with van der Waals surface area (Å²) in [5.41, 5.74) is 1.89. The topological polar surface area (TPSA) is 75.7 Å². The first-order valence-electron chi connectivity index (χ1n) is 7.88. The Bertz CT molecular complexity index is 850. The minimum atomic E-state index is -3.66. The van der Waals surface area contributed by atoms with Crippen molar-refractivity contribution in [1.29, 1.82) is 0 Å². The molecule has 2 aromatic rings. The Morgan fingerprint density at radius 3 is 2.40 bits per heavy atom. The number of amides is 1. The number of hydrogen-bond acceptors (Lipinski definition) is 4. The summed E-state index contributed by atoms with van der Waals surface area (Å²) in [4.78, 5) is 12.4. The van der Waals surface area contributed by atoms with Gasteiger partial charge in [-0.25, -0.2) is 8.42 Å². The molecule has 7 heteroatoms. The Balaban J connectivity index is 2.28. The fraction of sp³-hybridized carbons (Fsp3) is 0.278. The average molecular weight is 362 g/mol. The highest BCUT2D eigenvalue weighted by molar-refractivity contribution is 7.92. The predicted octanol–water partition coefficient (Wildman–Crippen LogP) is 2.80. The van der Waals surface area contributed by atoms with E-state index in [0.29, 0.717) is 23.7 Å². The summed E-state index contributed by atoms with van der Waals surface area (Å²) < 4.78 is 31.0. The molecule has 0 fully saturated rings. The Labute approximate surface area is 148 Å². The van der Waals surface area contributed by atoms with Gasteiger partial charge >= 0.3 is 0 Å². The molecule has 0 bridgehead atoms. The molecule has 0 saturated carbocycles. The first-order valence-corrected chi connectivity index (χ1v) is 9.72. The molecule has 6 nitrogen and oxygen atoms in total. The van der Waals surface area contributed by atoms with Gasteiger partial charge in [-0.05, 0) is 37.6 Å². The van der Waals surface area contributed by atoms with Crippen LogP contribution in [0.15, 0.2) is 48.5 Å². The van der Waals surface area contributed by atoms with Gasteiger partial charge < -0.3 is 10.1 Å². The third-order valence-corrected chi connectivity index (χ3v) is 4.67. The molecule has 134 valence electrons. The van der Waals surface area contributed by atoms with E-state index in [1.807, 2.05) is 26.0 Å². The quantitative estimate of drug-likeness (QED) is 0.822. The molecule has 0 aliphatic carbocycles. The lowest BCUT2D eigenvalue weighted by molar-refractivity contribution is -0.114. The number of aryl methyl sites for hydroxylation is 1. The van der Waals surface area contributed by atoms with E-state index in [4.69, 9.17) is 4.74 Å².